The van der Waals surface area contributed by atoms with Crippen LogP contribution in [0.5, 0.6) is 0 Å². The topological polar surface area (TPSA) is 83.5 Å². The fourth-order valence-electron chi connectivity index (χ4n) is 1.63. The molecule has 0 spiro atoms. The third kappa shape index (κ3) is 12.7. The first-order valence-corrected chi connectivity index (χ1v) is 6.50. The summed E-state index contributed by atoms with van der Waals surface area (Å²) in [4.78, 5) is 31.9. The van der Waals surface area contributed by atoms with Crippen LogP contribution in [0, 0.1) is 0 Å². The normalized spacial score (nSPS) is 10.1. The van der Waals surface area contributed by atoms with Crippen LogP contribution in [0.3, 0.4) is 0 Å². The molecule has 0 unspecified atom stereocenters. The van der Waals surface area contributed by atoms with Gasteiger partial charge in [-0.25, -0.2) is 0 Å². The molecular formula is C13H23NO4. The first-order valence-electron chi connectivity index (χ1n) is 6.50. The maximum absolute atomic E-state index is 11.0. The third-order valence-corrected chi connectivity index (χ3v) is 2.59. The van der Waals surface area contributed by atoms with E-state index in [4.69, 9.17) is 5.11 Å². The number of unbranched alkanes of at least 4 members (excludes halogenated alkanes) is 5. The number of carbonyl (C=O) groups is 3. The zero-order valence-corrected chi connectivity index (χ0v) is 11.0. The molecule has 0 fully saturated rings. The summed E-state index contributed by atoms with van der Waals surface area (Å²) >= 11 is 0. The van der Waals surface area contributed by atoms with Crippen LogP contribution in [-0.4, -0.2) is 29.3 Å². The first-order chi connectivity index (χ1) is 8.52. The Balaban J connectivity index is 3.18. The maximum atomic E-state index is 11.0. The molecule has 0 rings (SSSR count). The predicted octanol–water partition coefficient (Wildman–Crippen LogP) is 1.90. The molecule has 0 aliphatic heterocycles. The minimum Gasteiger partial charge on any atom is -0.481 e. The fraction of sp³-hybridized carbons (Fsp3) is 0.769. The van der Waals surface area contributed by atoms with Gasteiger partial charge in [0.2, 0.25) is 5.91 Å². The molecule has 2 N–H and O–H groups in total. The van der Waals surface area contributed by atoms with E-state index in [1.165, 1.54) is 0 Å². The van der Waals surface area contributed by atoms with E-state index >= 15 is 0 Å². The van der Waals surface area contributed by atoms with E-state index in [0.717, 1.165) is 38.5 Å². The van der Waals surface area contributed by atoms with Gasteiger partial charge in [0, 0.05) is 13.0 Å². The zero-order valence-electron chi connectivity index (χ0n) is 11.0. The molecule has 0 aromatic heterocycles. The lowest BCUT2D eigenvalue weighted by Gasteiger charge is -2.03. The van der Waals surface area contributed by atoms with Crippen molar-refractivity contribution in [2.24, 2.45) is 0 Å². The highest BCUT2D eigenvalue weighted by Crippen LogP contribution is 2.06. The lowest BCUT2D eigenvalue weighted by Crippen LogP contribution is -2.26. The molecule has 0 radical (unpaired) electrons. The van der Waals surface area contributed by atoms with Gasteiger partial charge in [-0.15, -0.1) is 0 Å². The standard InChI is InChI=1S/C13H23NO4/c1-11(15)8-6-4-2-3-5-7-9-14-12(16)10-13(17)18/h2-10H2,1H3,(H,14,16)(H,17,18). The van der Waals surface area contributed by atoms with Crippen LogP contribution in [0.4, 0.5) is 0 Å². The number of rotatable bonds is 11. The molecule has 0 bridgehead atoms. The van der Waals surface area contributed by atoms with E-state index in [1.807, 2.05) is 0 Å². The number of amides is 1. The van der Waals surface area contributed by atoms with Crippen molar-refractivity contribution in [1.82, 2.24) is 5.32 Å². The maximum Gasteiger partial charge on any atom is 0.312 e. The van der Waals surface area contributed by atoms with E-state index < -0.39 is 18.3 Å². The molecule has 18 heavy (non-hydrogen) atoms. The van der Waals surface area contributed by atoms with E-state index in [9.17, 15) is 14.4 Å². The van der Waals surface area contributed by atoms with Gasteiger partial charge in [-0.05, 0) is 19.8 Å². The summed E-state index contributed by atoms with van der Waals surface area (Å²) < 4.78 is 0. The highest BCUT2D eigenvalue weighted by atomic mass is 16.4. The number of hydrogen-bond acceptors (Lipinski definition) is 3. The van der Waals surface area contributed by atoms with Gasteiger partial charge in [-0.2, -0.15) is 0 Å². The monoisotopic (exact) mass is 257 g/mol. The summed E-state index contributed by atoms with van der Waals surface area (Å²) in [5.41, 5.74) is 0. The number of hydrogen-bond donors (Lipinski definition) is 2. The van der Waals surface area contributed by atoms with Crippen LogP contribution in [0.25, 0.3) is 0 Å². The molecule has 0 saturated heterocycles. The largest absolute Gasteiger partial charge is 0.481 e. The number of carboxylic acid groups (broad SMARTS) is 1. The number of carbonyl (C=O) groups excluding carboxylic acids is 2. The van der Waals surface area contributed by atoms with Crippen LogP contribution in [0.15, 0.2) is 0 Å². The minimum absolute atomic E-state index is 0.246. The summed E-state index contributed by atoms with van der Waals surface area (Å²) in [6.07, 6.45) is 6.35. The van der Waals surface area contributed by atoms with Gasteiger partial charge >= 0.3 is 5.97 Å². The van der Waals surface area contributed by atoms with Crippen molar-refractivity contribution in [3.63, 3.8) is 0 Å². The van der Waals surface area contributed by atoms with Gasteiger partial charge in [0.1, 0.15) is 12.2 Å². The van der Waals surface area contributed by atoms with Crippen molar-refractivity contribution in [1.29, 1.82) is 0 Å². The highest BCUT2D eigenvalue weighted by molar-refractivity contribution is 5.93. The third-order valence-electron chi connectivity index (χ3n) is 2.59. The van der Waals surface area contributed by atoms with Crippen LogP contribution >= 0.6 is 0 Å². The second kappa shape index (κ2) is 10.7. The van der Waals surface area contributed by atoms with Crippen LogP contribution in [-0.2, 0) is 14.4 Å². The molecule has 1 amide bonds. The summed E-state index contributed by atoms with van der Waals surface area (Å²) in [5, 5.41) is 10.9. The Morgan fingerprint density at radius 1 is 0.944 bits per heavy atom. The Morgan fingerprint density at radius 3 is 2.06 bits per heavy atom. The zero-order chi connectivity index (χ0) is 13.8. The predicted molar refractivity (Wildman–Crippen MR) is 68.3 cm³/mol. The molecule has 0 aromatic carbocycles. The lowest BCUT2D eigenvalue weighted by atomic mass is 10.1. The summed E-state index contributed by atoms with van der Waals surface area (Å²) in [6.45, 7) is 2.15. The fourth-order valence-corrected chi connectivity index (χ4v) is 1.63. The molecule has 5 nitrogen and oxygen atoms in total. The van der Waals surface area contributed by atoms with Gasteiger partial charge in [-0.1, -0.05) is 25.7 Å². The van der Waals surface area contributed by atoms with Gasteiger partial charge in [0.15, 0.2) is 0 Å². The van der Waals surface area contributed by atoms with E-state index in [-0.39, 0.29) is 5.78 Å². The molecule has 5 heteroatoms. The average molecular weight is 257 g/mol. The Kier molecular flexibility index (Phi) is 9.91. The molecule has 104 valence electrons. The quantitative estimate of drug-likeness (QED) is 0.437. The van der Waals surface area contributed by atoms with Gasteiger partial charge in [-0.3, -0.25) is 9.59 Å². The molecule has 0 saturated carbocycles. The van der Waals surface area contributed by atoms with Gasteiger partial charge in [0.25, 0.3) is 0 Å². The summed E-state index contributed by atoms with van der Waals surface area (Å²) in [6, 6.07) is 0. The summed E-state index contributed by atoms with van der Waals surface area (Å²) in [7, 11) is 0. The molecule has 0 aliphatic rings. The van der Waals surface area contributed by atoms with Crippen LogP contribution in [0.2, 0.25) is 0 Å². The van der Waals surface area contributed by atoms with Crippen molar-refractivity contribution < 1.29 is 19.5 Å². The van der Waals surface area contributed by atoms with E-state index in [1.54, 1.807) is 6.92 Å². The van der Waals surface area contributed by atoms with E-state index in [2.05, 4.69) is 5.32 Å². The molecule has 0 aliphatic carbocycles. The smallest absolute Gasteiger partial charge is 0.312 e. The first kappa shape index (κ1) is 16.6. The Hall–Kier alpha value is -1.39. The second-order valence-corrected chi connectivity index (χ2v) is 4.49. The van der Waals surface area contributed by atoms with Crippen molar-refractivity contribution in [3.8, 4) is 0 Å². The highest BCUT2D eigenvalue weighted by Gasteiger charge is 2.05. The Morgan fingerprint density at radius 2 is 1.50 bits per heavy atom. The Bertz CT molecular complexity index is 276. The molecule has 0 aromatic rings. The average Bonchev–Trinajstić information content (AvgIpc) is 2.25. The van der Waals surface area contributed by atoms with Crippen molar-refractivity contribution in [2.45, 2.75) is 58.3 Å². The van der Waals surface area contributed by atoms with Crippen molar-refractivity contribution >= 4 is 17.7 Å². The molecular weight excluding hydrogens is 234 g/mol. The number of carboxylic acids is 1. The number of nitrogens with one attached hydrogen (secondary N) is 1. The summed E-state index contributed by atoms with van der Waals surface area (Å²) in [5.74, 6) is -1.28. The second-order valence-electron chi connectivity index (χ2n) is 4.49. The van der Waals surface area contributed by atoms with Crippen molar-refractivity contribution in [3.05, 3.63) is 0 Å². The minimum atomic E-state index is -1.10. The van der Waals surface area contributed by atoms with E-state index in [0.29, 0.717) is 13.0 Å². The SMILES string of the molecule is CC(=O)CCCCCCCCNC(=O)CC(=O)O. The lowest BCUT2D eigenvalue weighted by molar-refractivity contribution is -0.140. The molecule has 0 heterocycles. The van der Waals surface area contributed by atoms with Crippen LogP contribution in [0.1, 0.15) is 58.3 Å². The molecule has 0 atom stereocenters. The number of aliphatic carboxylic acids is 1. The number of ketones is 1. The van der Waals surface area contributed by atoms with Crippen LogP contribution < -0.4 is 5.32 Å². The van der Waals surface area contributed by atoms with Gasteiger partial charge < -0.3 is 15.2 Å². The van der Waals surface area contributed by atoms with Crippen molar-refractivity contribution in [2.75, 3.05) is 6.54 Å². The Labute approximate surface area is 108 Å². The number of Topliss-reactive ketones (excluding diaryl/α,β-unsaturated/α-hetero) is 1. The van der Waals surface area contributed by atoms with Gasteiger partial charge in [0.05, 0.1) is 0 Å².